The molecule has 1 spiro atoms. The van der Waals surface area contributed by atoms with Crippen LogP contribution in [0.5, 0.6) is 0 Å². The van der Waals surface area contributed by atoms with E-state index in [1.54, 1.807) is 37.1 Å². The zero-order chi connectivity index (χ0) is 25.1. The summed E-state index contributed by atoms with van der Waals surface area (Å²) in [4.78, 5) is 15.9. The summed E-state index contributed by atoms with van der Waals surface area (Å²) < 4.78 is 12.5. The van der Waals surface area contributed by atoms with E-state index in [1.165, 1.54) is 36.6 Å². The van der Waals surface area contributed by atoms with Gasteiger partial charge in [0.2, 0.25) is 5.95 Å². The first-order valence-electron chi connectivity index (χ1n) is 12.4. The summed E-state index contributed by atoms with van der Waals surface area (Å²) >= 11 is 0. The normalized spacial score (nSPS) is 19.9. The molecule has 1 atom stereocenters. The molecule has 36 heavy (non-hydrogen) atoms. The van der Waals surface area contributed by atoms with Crippen molar-refractivity contribution in [3.8, 4) is 6.07 Å². The molecule has 2 aromatic heterocycles. The molecule has 1 unspecified atom stereocenters. The molecule has 6 rings (SSSR count). The Bertz CT molecular complexity index is 1450. The molecule has 3 heterocycles. The highest BCUT2D eigenvalue weighted by molar-refractivity contribution is 7.69. The van der Waals surface area contributed by atoms with Crippen molar-refractivity contribution in [2.45, 2.75) is 38.1 Å². The van der Waals surface area contributed by atoms with Gasteiger partial charge in [-0.2, -0.15) is 10.2 Å². The fraction of sp³-hybridized carbons (Fsp3) is 0.407. The zero-order valence-electron chi connectivity index (χ0n) is 20.9. The number of nitrogens with one attached hydrogen (secondary N) is 2. The lowest BCUT2D eigenvalue weighted by atomic mass is 9.69. The summed E-state index contributed by atoms with van der Waals surface area (Å²) in [7, 11) is -0.299. The maximum absolute atomic E-state index is 12.5. The number of hydrogen-bond acceptors (Lipinski definition) is 8. The molecule has 0 radical (unpaired) electrons. The van der Waals surface area contributed by atoms with Gasteiger partial charge in [-0.15, -0.1) is 0 Å². The molecule has 1 aromatic carbocycles. The first kappa shape index (κ1) is 23.1. The Hall–Kier alpha value is -3.27. The van der Waals surface area contributed by atoms with E-state index < -0.39 is 7.14 Å². The van der Waals surface area contributed by atoms with Crippen LogP contribution in [0, 0.1) is 16.7 Å². The van der Waals surface area contributed by atoms with E-state index in [-0.39, 0.29) is 0 Å². The second-order valence-corrected chi connectivity index (χ2v) is 14.0. The lowest BCUT2D eigenvalue weighted by Crippen LogP contribution is -2.38. The van der Waals surface area contributed by atoms with Crippen LogP contribution in [0.1, 0.15) is 47.4 Å². The maximum Gasteiger partial charge on any atom is 0.229 e. The van der Waals surface area contributed by atoms with E-state index in [4.69, 9.17) is 0 Å². The van der Waals surface area contributed by atoms with Crippen molar-refractivity contribution < 1.29 is 4.57 Å². The average Bonchev–Trinajstić information content (AvgIpc) is 3.61. The molecular formula is C27H30N7OP. The minimum absolute atomic E-state index is 0.309. The third-order valence-corrected chi connectivity index (χ3v) is 9.21. The van der Waals surface area contributed by atoms with E-state index in [0.717, 1.165) is 25.2 Å². The SMILES string of the molecule is CN1Cc2cc(Nc3ncc(C#N)c(Nc4cccc(P(C)(C)=O)n4)n3)cc3c2C(C1)C1(CC3)CC1. The first-order chi connectivity index (χ1) is 17.2. The van der Waals surface area contributed by atoms with Crippen molar-refractivity contribution in [2.24, 2.45) is 5.41 Å². The highest BCUT2D eigenvalue weighted by atomic mass is 31.2. The van der Waals surface area contributed by atoms with E-state index in [2.05, 4.69) is 55.7 Å². The van der Waals surface area contributed by atoms with Crippen molar-refractivity contribution in [3.05, 3.63) is 58.8 Å². The fourth-order valence-corrected chi connectivity index (χ4v) is 6.67. The Balaban J connectivity index is 1.30. The van der Waals surface area contributed by atoms with Gasteiger partial charge < -0.3 is 20.1 Å². The number of likely N-dealkylation sites (N-methyl/N-ethyl adjacent to an activating group) is 1. The Morgan fingerprint density at radius 2 is 1.94 bits per heavy atom. The quantitative estimate of drug-likeness (QED) is 0.485. The zero-order valence-corrected chi connectivity index (χ0v) is 21.8. The molecule has 184 valence electrons. The number of aryl methyl sites for hydroxylation is 1. The number of nitriles is 1. The predicted octanol–water partition coefficient (Wildman–Crippen LogP) is 4.73. The van der Waals surface area contributed by atoms with Gasteiger partial charge in [-0.25, -0.2) is 9.97 Å². The minimum atomic E-state index is -2.51. The number of hydrogen-bond donors (Lipinski definition) is 2. The van der Waals surface area contributed by atoms with Crippen LogP contribution in [0.15, 0.2) is 36.5 Å². The Morgan fingerprint density at radius 1 is 1.14 bits per heavy atom. The number of pyridine rings is 1. The Labute approximate surface area is 211 Å². The van der Waals surface area contributed by atoms with Crippen molar-refractivity contribution in [3.63, 3.8) is 0 Å². The summed E-state index contributed by atoms with van der Waals surface area (Å²) in [5, 5.41) is 16.1. The highest BCUT2D eigenvalue weighted by Crippen LogP contribution is 2.63. The first-order valence-corrected chi connectivity index (χ1v) is 15.0. The van der Waals surface area contributed by atoms with Gasteiger partial charge in [-0.05, 0) is 92.4 Å². The summed E-state index contributed by atoms with van der Waals surface area (Å²) in [6, 6.07) is 11.9. The maximum atomic E-state index is 12.5. The van der Waals surface area contributed by atoms with E-state index in [0.29, 0.717) is 39.9 Å². The summed E-state index contributed by atoms with van der Waals surface area (Å²) in [5.74, 6) is 1.90. The van der Waals surface area contributed by atoms with Crippen LogP contribution in [0.4, 0.5) is 23.3 Å². The van der Waals surface area contributed by atoms with Crippen LogP contribution in [-0.4, -0.2) is 46.8 Å². The highest BCUT2D eigenvalue weighted by Gasteiger charge is 2.53. The molecular weight excluding hydrogens is 469 g/mol. The van der Waals surface area contributed by atoms with Gasteiger partial charge in [0.05, 0.1) is 6.20 Å². The molecule has 9 heteroatoms. The number of anilines is 4. The Kier molecular flexibility index (Phi) is 5.40. The number of benzene rings is 1. The van der Waals surface area contributed by atoms with Crippen LogP contribution in [0.2, 0.25) is 0 Å². The number of fused-ring (bicyclic) bond motifs is 1. The molecule has 1 aliphatic heterocycles. The van der Waals surface area contributed by atoms with Gasteiger partial charge in [0.15, 0.2) is 5.82 Å². The molecule has 0 bridgehead atoms. The van der Waals surface area contributed by atoms with Crippen molar-refractivity contribution in [1.29, 1.82) is 5.26 Å². The number of nitrogens with zero attached hydrogens (tertiary/aromatic N) is 5. The standard InChI is InChI=1S/C27H30N7OP/c1-34-15-18-12-20(11-17-7-8-27(9-10-27)21(16-34)24(17)18)30-26-29-14-19(13-28)25(33-26)32-22-5-4-6-23(31-22)36(2,3)35/h4-6,11-12,14,21H,7-10,15-16H2,1-3H3,(H2,29,30,31,32,33). The fourth-order valence-electron chi connectivity index (χ4n) is 5.87. The molecule has 2 N–H and O–H groups in total. The van der Waals surface area contributed by atoms with Crippen LogP contribution >= 0.6 is 7.14 Å². The molecule has 0 saturated heterocycles. The topological polar surface area (TPSA) is 107 Å². The second kappa shape index (κ2) is 8.40. The monoisotopic (exact) mass is 499 g/mol. The van der Waals surface area contributed by atoms with Gasteiger partial charge in [0, 0.05) is 24.7 Å². The summed E-state index contributed by atoms with van der Waals surface area (Å²) in [5.41, 5.74) is 6.77. The summed E-state index contributed by atoms with van der Waals surface area (Å²) in [6.45, 7) is 5.47. The molecule has 1 fully saturated rings. The minimum Gasteiger partial charge on any atom is -0.324 e. The van der Waals surface area contributed by atoms with Gasteiger partial charge in [0.1, 0.15) is 30.0 Å². The van der Waals surface area contributed by atoms with Gasteiger partial charge in [-0.1, -0.05) is 6.07 Å². The Morgan fingerprint density at radius 3 is 2.69 bits per heavy atom. The third kappa shape index (κ3) is 4.17. The molecule has 2 aliphatic carbocycles. The van der Waals surface area contributed by atoms with Crippen molar-refractivity contribution in [2.75, 3.05) is 37.6 Å². The van der Waals surface area contributed by atoms with Crippen LogP contribution in [0.3, 0.4) is 0 Å². The lowest BCUT2D eigenvalue weighted by Gasteiger charge is -2.42. The third-order valence-electron chi connectivity index (χ3n) is 7.86. The molecule has 8 nitrogen and oxygen atoms in total. The predicted molar refractivity (Wildman–Crippen MR) is 142 cm³/mol. The van der Waals surface area contributed by atoms with Gasteiger partial charge in [-0.3, -0.25) is 0 Å². The summed E-state index contributed by atoms with van der Waals surface area (Å²) in [6.07, 6.45) is 6.64. The number of rotatable bonds is 5. The molecule has 3 aromatic rings. The smallest absolute Gasteiger partial charge is 0.229 e. The van der Waals surface area contributed by atoms with E-state index >= 15 is 0 Å². The van der Waals surface area contributed by atoms with Gasteiger partial charge >= 0.3 is 0 Å². The van der Waals surface area contributed by atoms with Gasteiger partial charge in [0.25, 0.3) is 0 Å². The second-order valence-electron chi connectivity index (χ2n) is 10.9. The molecule has 1 saturated carbocycles. The van der Waals surface area contributed by atoms with E-state index in [1.807, 2.05) is 0 Å². The van der Waals surface area contributed by atoms with Crippen LogP contribution in [0.25, 0.3) is 0 Å². The molecule has 3 aliphatic rings. The number of aromatic nitrogens is 3. The average molecular weight is 500 g/mol. The van der Waals surface area contributed by atoms with Crippen molar-refractivity contribution >= 4 is 35.8 Å². The lowest BCUT2D eigenvalue weighted by molar-refractivity contribution is 0.211. The van der Waals surface area contributed by atoms with E-state index in [9.17, 15) is 9.83 Å². The molecule has 0 amide bonds. The van der Waals surface area contributed by atoms with Crippen LogP contribution < -0.4 is 16.1 Å². The van der Waals surface area contributed by atoms with Crippen molar-refractivity contribution in [1.82, 2.24) is 19.9 Å². The van der Waals surface area contributed by atoms with Crippen LogP contribution in [-0.2, 0) is 17.5 Å². The largest absolute Gasteiger partial charge is 0.324 e.